The van der Waals surface area contributed by atoms with Crippen LogP contribution in [0.3, 0.4) is 0 Å². The average molecular weight is 454 g/mol. The normalized spacial score (nSPS) is 11.3. The van der Waals surface area contributed by atoms with Crippen LogP contribution in [0.5, 0.6) is 5.75 Å². The Kier molecular flexibility index (Phi) is 5.88. The molecule has 0 atom stereocenters. The average Bonchev–Trinajstić information content (AvgIpc) is 2.97. The van der Waals surface area contributed by atoms with Gasteiger partial charge in [-0.15, -0.1) is 0 Å². The molecule has 10 heteroatoms. The fraction of sp³-hybridized carbons (Fsp3) is 0.158. The second kappa shape index (κ2) is 8.06. The maximum absolute atomic E-state index is 12.7. The highest BCUT2D eigenvalue weighted by atomic mass is 35.5. The van der Waals surface area contributed by atoms with Gasteiger partial charge in [-0.3, -0.25) is 4.79 Å². The fourth-order valence-corrected chi connectivity index (χ4v) is 4.41. The zero-order valence-electron chi connectivity index (χ0n) is 15.7. The molecule has 1 amide bonds. The molecule has 0 saturated heterocycles. The van der Waals surface area contributed by atoms with Crippen molar-refractivity contribution in [3.8, 4) is 17.1 Å². The van der Waals surface area contributed by atoms with Crippen LogP contribution < -0.4 is 9.46 Å². The molecule has 0 aliphatic carbocycles. The summed E-state index contributed by atoms with van der Waals surface area (Å²) < 4.78 is 34.1. The van der Waals surface area contributed by atoms with Crippen LogP contribution in [-0.4, -0.2) is 31.0 Å². The van der Waals surface area contributed by atoms with Crippen LogP contribution in [0.1, 0.15) is 16.2 Å². The minimum absolute atomic E-state index is 0.0370. The predicted octanol–water partition coefficient (Wildman–Crippen LogP) is 3.83. The summed E-state index contributed by atoms with van der Waals surface area (Å²) in [4.78, 5) is 16.8. The molecule has 0 fully saturated rings. The lowest BCUT2D eigenvalue weighted by molar-refractivity contribution is 0.0976. The van der Waals surface area contributed by atoms with Gasteiger partial charge in [0.15, 0.2) is 5.69 Å². The highest BCUT2D eigenvalue weighted by molar-refractivity contribution is 7.90. The van der Waals surface area contributed by atoms with Crippen molar-refractivity contribution in [3.63, 3.8) is 0 Å². The number of carbonyl (C=O) groups is 1. The van der Waals surface area contributed by atoms with Crippen molar-refractivity contribution in [1.29, 1.82) is 0 Å². The van der Waals surface area contributed by atoms with E-state index in [4.69, 9.17) is 27.9 Å². The molecular formula is C19H17Cl2N3O4S. The minimum atomic E-state index is -4.25. The Balaban J connectivity index is 1.98. The van der Waals surface area contributed by atoms with Crippen molar-refractivity contribution >= 4 is 39.1 Å². The third-order valence-corrected chi connectivity index (χ3v) is 6.51. The first-order chi connectivity index (χ1) is 13.7. The Morgan fingerprint density at radius 2 is 1.83 bits per heavy atom. The largest absolute Gasteiger partial charge is 0.497 e. The molecule has 0 spiro atoms. The van der Waals surface area contributed by atoms with Crippen LogP contribution in [0.4, 0.5) is 0 Å². The van der Waals surface area contributed by atoms with Crippen LogP contribution in [0, 0.1) is 6.92 Å². The number of nitrogens with one attached hydrogen (secondary N) is 1. The van der Waals surface area contributed by atoms with E-state index in [-0.39, 0.29) is 21.4 Å². The van der Waals surface area contributed by atoms with E-state index in [0.717, 1.165) is 0 Å². The molecule has 0 aliphatic heterocycles. The first-order valence-corrected chi connectivity index (χ1v) is 10.6. The van der Waals surface area contributed by atoms with E-state index in [0.29, 0.717) is 22.1 Å². The molecule has 0 bridgehead atoms. The van der Waals surface area contributed by atoms with E-state index in [2.05, 4.69) is 4.98 Å². The maximum Gasteiger partial charge on any atom is 0.285 e. The Morgan fingerprint density at radius 1 is 1.14 bits per heavy atom. The monoisotopic (exact) mass is 453 g/mol. The van der Waals surface area contributed by atoms with Crippen molar-refractivity contribution < 1.29 is 17.9 Å². The van der Waals surface area contributed by atoms with Gasteiger partial charge in [0.2, 0.25) is 0 Å². The van der Waals surface area contributed by atoms with Gasteiger partial charge in [0, 0.05) is 24.4 Å². The van der Waals surface area contributed by atoms with Gasteiger partial charge in [-0.05, 0) is 31.2 Å². The molecule has 7 nitrogen and oxygen atoms in total. The number of imidazole rings is 1. The Morgan fingerprint density at radius 3 is 2.48 bits per heavy atom. The third-order valence-electron chi connectivity index (χ3n) is 4.37. The van der Waals surface area contributed by atoms with Gasteiger partial charge >= 0.3 is 0 Å². The topological polar surface area (TPSA) is 90.3 Å². The molecule has 152 valence electrons. The molecule has 3 aromatic rings. The molecule has 0 aliphatic rings. The molecule has 2 aromatic carbocycles. The third kappa shape index (κ3) is 4.10. The van der Waals surface area contributed by atoms with Gasteiger partial charge in [-0.25, -0.2) is 18.1 Å². The van der Waals surface area contributed by atoms with Crippen molar-refractivity contribution in [2.45, 2.75) is 11.8 Å². The summed E-state index contributed by atoms with van der Waals surface area (Å²) in [6.45, 7) is 1.66. The van der Waals surface area contributed by atoms with Crippen LogP contribution in [0.15, 0.2) is 47.4 Å². The van der Waals surface area contributed by atoms with E-state index in [1.54, 1.807) is 42.8 Å². The van der Waals surface area contributed by atoms with Gasteiger partial charge in [0.1, 0.15) is 16.5 Å². The molecule has 1 N–H and O–H groups in total. The Labute approximate surface area is 178 Å². The minimum Gasteiger partial charge on any atom is -0.497 e. The van der Waals surface area contributed by atoms with Crippen LogP contribution in [0.25, 0.3) is 11.4 Å². The second-order valence-corrected chi connectivity index (χ2v) is 8.60. The predicted molar refractivity (Wildman–Crippen MR) is 111 cm³/mol. The van der Waals surface area contributed by atoms with Crippen LogP contribution in [-0.2, 0) is 17.1 Å². The Bertz CT molecular complexity index is 1210. The summed E-state index contributed by atoms with van der Waals surface area (Å²) in [5, 5.41) is 0.420. The lowest BCUT2D eigenvalue weighted by Crippen LogP contribution is -2.31. The fourth-order valence-electron chi connectivity index (χ4n) is 2.72. The van der Waals surface area contributed by atoms with E-state index >= 15 is 0 Å². The van der Waals surface area contributed by atoms with Gasteiger partial charge in [-0.1, -0.05) is 35.3 Å². The number of carbonyl (C=O) groups excluding carboxylic acids is 1. The number of aromatic nitrogens is 2. The number of sulfonamides is 1. The number of rotatable bonds is 5. The van der Waals surface area contributed by atoms with E-state index in [1.807, 2.05) is 4.72 Å². The zero-order chi connectivity index (χ0) is 21.3. The molecule has 0 saturated carbocycles. The van der Waals surface area contributed by atoms with Gasteiger partial charge in [0.25, 0.3) is 15.9 Å². The number of halogens is 2. The van der Waals surface area contributed by atoms with E-state index < -0.39 is 15.9 Å². The molecule has 3 rings (SSSR count). The molecule has 29 heavy (non-hydrogen) atoms. The molecule has 1 aromatic heterocycles. The summed E-state index contributed by atoms with van der Waals surface area (Å²) in [5.74, 6) is -0.150. The second-order valence-electron chi connectivity index (χ2n) is 6.14. The summed E-state index contributed by atoms with van der Waals surface area (Å²) in [5.41, 5.74) is 1.06. The van der Waals surface area contributed by atoms with Crippen molar-refractivity contribution in [3.05, 3.63) is 63.9 Å². The standard InChI is InChI=1S/C19H17Cl2N3O4S/c1-11-17(22-18(24(11)2)13-6-4-5-7-14(13)20)19(25)23-29(26,27)16-10-12(28-3)8-9-15(16)21/h4-10H,1-3H3,(H,23,25). The van der Waals surface area contributed by atoms with Crippen molar-refractivity contribution in [2.75, 3.05) is 7.11 Å². The van der Waals surface area contributed by atoms with Crippen LogP contribution in [0.2, 0.25) is 10.0 Å². The first-order valence-electron chi connectivity index (χ1n) is 8.34. The molecule has 0 unspecified atom stereocenters. The zero-order valence-corrected chi connectivity index (χ0v) is 18.1. The van der Waals surface area contributed by atoms with Gasteiger partial charge < -0.3 is 9.30 Å². The SMILES string of the molecule is COc1ccc(Cl)c(S(=O)(=O)NC(=O)c2nc(-c3ccccc3Cl)n(C)c2C)c1. The highest BCUT2D eigenvalue weighted by Crippen LogP contribution is 2.29. The highest BCUT2D eigenvalue weighted by Gasteiger charge is 2.26. The Hall–Kier alpha value is -2.55. The summed E-state index contributed by atoms with van der Waals surface area (Å²) in [7, 11) is -1.14. The lowest BCUT2D eigenvalue weighted by Gasteiger charge is -2.09. The number of nitrogens with zero attached hydrogens (tertiary/aromatic N) is 2. The number of methoxy groups -OCH3 is 1. The lowest BCUT2D eigenvalue weighted by atomic mass is 10.2. The van der Waals surface area contributed by atoms with E-state index in [1.165, 1.54) is 25.3 Å². The summed E-state index contributed by atoms with van der Waals surface area (Å²) in [6, 6.07) is 11.2. The first kappa shape index (κ1) is 21.2. The summed E-state index contributed by atoms with van der Waals surface area (Å²) >= 11 is 12.2. The molecular weight excluding hydrogens is 437 g/mol. The number of benzene rings is 2. The quantitative estimate of drug-likeness (QED) is 0.633. The van der Waals surface area contributed by atoms with Gasteiger partial charge in [-0.2, -0.15) is 0 Å². The van der Waals surface area contributed by atoms with Crippen molar-refractivity contribution in [2.24, 2.45) is 7.05 Å². The number of amides is 1. The summed E-state index contributed by atoms with van der Waals surface area (Å²) in [6.07, 6.45) is 0. The maximum atomic E-state index is 12.7. The van der Waals surface area contributed by atoms with Crippen molar-refractivity contribution in [1.82, 2.24) is 14.3 Å². The molecule has 1 heterocycles. The van der Waals surface area contributed by atoms with Gasteiger partial charge in [0.05, 0.1) is 17.2 Å². The number of ether oxygens (including phenoxy) is 1. The number of hydrogen-bond acceptors (Lipinski definition) is 5. The number of hydrogen-bond donors (Lipinski definition) is 1. The smallest absolute Gasteiger partial charge is 0.285 e. The molecule has 0 radical (unpaired) electrons. The van der Waals surface area contributed by atoms with E-state index in [9.17, 15) is 13.2 Å². The van der Waals surface area contributed by atoms with Crippen LogP contribution >= 0.6 is 23.2 Å².